The number of nitrogens with one attached hydrogen (secondary N) is 2. The number of benzene rings is 1. The van der Waals surface area contributed by atoms with Gasteiger partial charge >= 0.3 is 0 Å². The summed E-state index contributed by atoms with van der Waals surface area (Å²) in [7, 11) is 0. The molecule has 0 aliphatic heterocycles. The van der Waals surface area contributed by atoms with Gasteiger partial charge in [-0.2, -0.15) is 0 Å². The predicted octanol–water partition coefficient (Wildman–Crippen LogP) is 3.52. The van der Waals surface area contributed by atoms with E-state index in [4.69, 9.17) is 0 Å². The highest BCUT2D eigenvalue weighted by molar-refractivity contribution is 6.07. The monoisotopic (exact) mass is 287 g/mol. The Bertz CT molecular complexity index is 671. The van der Waals surface area contributed by atoms with Crippen LogP contribution in [-0.2, 0) is 0 Å². The van der Waals surface area contributed by atoms with E-state index in [-0.39, 0.29) is 11.6 Å². The van der Waals surface area contributed by atoms with Crippen LogP contribution in [0.1, 0.15) is 28.5 Å². The molecule has 0 aliphatic carbocycles. The first-order valence-electron chi connectivity index (χ1n) is 6.79. The molecular formula is C16H18FN3O. The Kier molecular flexibility index (Phi) is 4.52. The quantitative estimate of drug-likeness (QED) is 0.904. The minimum absolute atomic E-state index is 0.169. The fraction of sp³-hybridized carbons (Fsp3) is 0.250. The molecular weight excluding hydrogens is 269 g/mol. The lowest BCUT2D eigenvalue weighted by atomic mass is 10.1. The molecule has 1 heterocycles. The van der Waals surface area contributed by atoms with E-state index in [2.05, 4.69) is 15.6 Å². The molecule has 0 spiro atoms. The van der Waals surface area contributed by atoms with Crippen LogP contribution in [-0.4, -0.2) is 17.4 Å². The van der Waals surface area contributed by atoms with Crippen molar-refractivity contribution >= 4 is 17.3 Å². The third kappa shape index (κ3) is 3.56. The minimum atomic E-state index is -0.459. The highest BCUT2D eigenvalue weighted by atomic mass is 19.1. The highest BCUT2D eigenvalue weighted by Gasteiger charge is 2.14. The zero-order valence-corrected chi connectivity index (χ0v) is 12.3. The van der Waals surface area contributed by atoms with Crippen molar-refractivity contribution in [3.63, 3.8) is 0 Å². The van der Waals surface area contributed by atoms with E-state index in [1.54, 1.807) is 18.2 Å². The number of nitrogens with zero attached hydrogens (tertiary/aromatic N) is 1. The topological polar surface area (TPSA) is 54.0 Å². The normalized spacial score (nSPS) is 10.3. The molecule has 1 amide bonds. The van der Waals surface area contributed by atoms with E-state index < -0.39 is 5.82 Å². The lowest BCUT2D eigenvalue weighted by Gasteiger charge is -2.12. The molecule has 0 bridgehead atoms. The van der Waals surface area contributed by atoms with Crippen LogP contribution in [0.25, 0.3) is 0 Å². The van der Waals surface area contributed by atoms with Crippen molar-refractivity contribution in [3.8, 4) is 0 Å². The highest BCUT2D eigenvalue weighted by Crippen LogP contribution is 2.20. The number of pyridine rings is 1. The van der Waals surface area contributed by atoms with Gasteiger partial charge in [0.15, 0.2) is 0 Å². The van der Waals surface area contributed by atoms with Crippen molar-refractivity contribution in [3.05, 3.63) is 53.1 Å². The number of amides is 1. The summed E-state index contributed by atoms with van der Waals surface area (Å²) in [5.74, 6) is -0.845. The summed E-state index contributed by atoms with van der Waals surface area (Å²) in [5, 5.41) is 5.71. The van der Waals surface area contributed by atoms with Gasteiger partial charge in [0.05, 0.1) is 16.9 Å². The molecule has 0 saturated heterocycles. The molecule has 2 N–H and O–H groups in total. The second kappa shape index (κ2) is 6.35. The van der Waals surface area contributed by atoms with Gasteiger partial charge in [-0.15, -0.1) is 0 Å². The van der Waals surface area contributed by atoms with E-state index in [0.29, 0.717) is 17.8 Å². The van der Waals surface area contributed by atoms with Crippen LogP contribution in [0.15, 0.2) is 30.5 Å². The summed E-state index contributed by atoms with van der Waals surface area (Å²) in [5.41, 5.74) is 2.94. The second-order valence-corrected chi connectivity index (χ2v) is 4.84. The molecule has 1 aromatic heterocycles. The van der Waals surface area contributed by atoms with Crippen molar-refractivity contribution < 1.29 is 9.18 Å². The van der Waals surface area contributed by atoms with Gasteiger partial charge in [-0.25, -0.2) is 4.39 Å². The Morgan fingerprint density at radius 3 is 2.71 bits per heavy atom. The maximum absolute atomic E-state index is 13.7. The summed E-state index contributed by atoms with van der Waals surface area (Å²) in [6, 6.07) is 6.39. The maximum Gasteiger partial charge on any atom is 0.259 e. The zero-order chi connectivity index (χ0) is 15.4. The Hall–Kier alpha value is -2.43. The number of hydrogen-bond acceptors (Lipinski definition) is 3. The molecule has 4 nitrogen and oxygen atoms in total. The molecule has 0 atom stereocenters. The van der Waals surface area contributed by atoms with Crippen LogP contribution < -0.4 is 10.6 Å². The van der Waals surface area contributed by atoms with Crippen molar-refractivity contribution in [1.82, 2.24) is 4.98 Å². The largest absolute Gasteiger partial charge is 0.385 e. The van der Waals surface area contributed by atoms with Crippen LogP contribution in [0.4, 0.5) is 15.8 Å². The summed E-state index contributed by atoms with van der Waals surface area (Å²) in [6.45, 7) is 6.32. The van der Waals surface area contributed by atoms with Crippen molar-refractivity contribution in [1.29, 1.82) is 0 Å². The number of carbonyl (C=O) groups excluding carboxylic acids is 1. The van der Waals surface area contributed by atoms with Crippen LogP contribution in [0.5, 0.6) is 0 Å². The number of halogens is 1. The van der Waals surface area contributed by atoms with Gasteiger partial charge in [-0.1, -0.05) is 6.07 Å². The van der Waals surface area contributed by atoms with Gasteiger partial charge in [0.1, 0.15) is 5.82 Å². The Morgan fingerprint density at radius 1 is 1.24 bits per heavy atom. The molecule has 0 saturated carbocycles. The first-order chi connectivity index (χ1) is 10.0. The maximum atomic E-state index is 13.7. The lowest BCUT2D eigenvalue weighted by Crippen LogP contribution is -2.16. The van der Waals surface area contributed by atoms with Gasteiger partial charge in [0.25, 0.3) is 5.91 Å². The van der Waals surface area contributed by atoms with Crippen molar-refractivity contribution in [2.24, 2.45) is 0 Å². The minimum Gasteiger partial charge on any atom is -0.385 e. The molecule has 0 aliphatic rings. The van der Waals surface area contributed by atoms with Gasteiger partial charge in [0.2, 0.25) is 0 Å². The third-order valence-electron chi connectivity index (χ3n) is 3.02. The molecule has 2 aromatic rings. The van der Waals surface area contributed by atoms with Crippen LogP contribution in [0.2, 0.25) is 0 Å². The van der Waals surface area contributed by atoms with Crippen molar-refractivity contribution in [2.75, 3.05) is 17.2 Å². The van der Waals surface area contributed by atoms with E-state index in [1.807, 2.05) is 20.8 Å². The second-order valence-electron chi connectivity index (χ2n) is 4.84. The molecule has 1 aromatic carbocycles. The molecule has 110 valence electrons. The van der Waals surface area contributed by atoms with Gasteiger partial charge in [-0.3, -0.25) is 9.78 Å². The zero-order valence-electron chi connectivity index (χ0n) is 12.3. The molecule has 0 unspecified atom stereocenters. The molecule has 0 radical (unpaired) electrons. The first-order valence-corrected chi connectivity index (χ1v) is 6.79. The lowest BCUT2D eigenvalue weighted by molar-refractivity contribution is 0.102. The Balaban J connectivity index is 2.30. The number of carbonyl (C=O) groups is 1. The van der Waals surface area contributed by atoms with Gasteiger partial charge in [0, 0.05) is 18.4 Å². The fourth-order valence-electron chi connectivity index (χ4n) is 2.00. The van der Waals surface area contributed by atoms with Gasteiger partial charge < -0.3 is 10.6 Å². The van der Waals surface area contributed by atoms with E-state index in [1.165, 1.54) is 12.3 Å². The number of rotatable bonds is 4. The van der Waals surface area contributed by atoms with Crippen LogP contribution in [0, 0.1) is 19.7 Å². The van der Waals surface area contributed by atoms with Crippen LogP contribution in [0.3, 0.4) is 0 Å². The molecule has 0 fully saturated rings. The van der Waals surface area contributed by atoms with E-state index in [0.717, 1.165) is 11.3 Å². The summed E-state index contributed by atoms with van der Waals surface area (Å²) < 4.78 is 13.7. The molecule has 2 rings (SSSR count). The Labute approximate surface area is 123 Å². The predicted molar refractivity (Wildman–Crippen MR) is 82.2 cm³/mol. The Morgan fingerprint density at radius 2 is 2.00 bits per heavy atom. The summed E-state index contributed by atoms with van der Waals surface area (Å²) in [6.07, 6.45) is 1.50. The van der Waals surface area contributed by atoms with E-state index >= 15 is 0 Å². The third-order valence-corrected chi connectivity index (χ3v) is 3.02. The van der Waals surface area contributed by atoms with Gasteiger partial charge in [-0.05, 0) is 44.5 Å². The standard InChI is InChI=1S/C16H18FN3O/c1-4-18-14-8-11(3)19-9-12(14)16(21)20-15-7-10(2)5-6-13(15)17/h5-9H,4H2,1-3H3,(H,18,19)(H,20,21). The smallest absolute Gasteiger partial charge is 0.259 e. The average molecular weight is 287 g/mol. The van der Waals surface area contributed by atoms with E-state index in [9.17, 15) is 9.18 Å². The SMILES string of the molecule is CCNc1cc(C)ncc1C(=O)Nc1cc(C)ccc1F. The number of aryl methyl sites for hydroxylation is 2. The molecule has 21 heavy (non-hydrogen) atoms. The van der Waals surface area contributed by atoms with Crippen LogP contribution >= 0.6 is 0 Å². The molecule has 5 heteroatoms. The number of anilines is 2. The average Bonchev–Trinajstić information content (AvgIpc) is 2.43. The summed E-state index contributed by atoms with van der Waals surface area (Å²) in [4.78, 5) is 16.5. The fourth-order valence-corrected chi connectivity index (χ4v) is 2.00. The first kappa shape index (κ1) is 15.0. The van der Waals surface area contributed by atoms with Crippen molar-refractivity contribution in [2.45, 2.75) is 20.8 Å². The number of hydrogen-bond donors (Lipinski definition) is 2. The number of aromatic nitrogens is 1. The summed E-state index contributed by atoms with van der Waals surface area (Å²) >= 11 is 0.